The van der Waals surface area contributed by atoms with E-state index in [2.05, 4.69) is 4.74 Å². The minimum Gasteiger partial charge on any atom is -0.481 e. The molecule has 0 saturated heterocycles. The first-order valence-corrected chi connectivity index (χ1v) is 5.51. The van der Waals surface area contributed by atoms with Crippen molar-refractivity contribution in [2.24, 2.45) is 0 Å². The van der Waals surface area contributed by atoms with Crippen molar-refractivity contribution in [3.8, 4) is 11.5 Å². The molecular formula is C13H12O6. The van der Waals surface area contributed by atoms with Crippen LogP contribution in [0.4, 0.5) is 0 Å². The standard InChI is InChI=1S/C13H12O6/c1-17-13(16)9(6-11(14)15)5-8-3-2-4-10-12(8)19-7-18-10/h2-5H,6-7H2,1H3,(H,14,15). The van der Waals surface area contributed by atoms with Crippen molar-refractivity contribution in [3.05, 3.63) is 29.3 Å². The third-order valence-electron chi connectivity index (χ3n) is 2.55. The number of methoxy groups -OCH3 is 1. The van der Waals surface area contributed by atoms with E-state index in [0.717, 1.165) is 0 Å². The highest BCUT2D eigenvalue weighted by molar-refractivity contribution is 5.98. The number of hydrogen-bond donors (Lipinski definition) is 1. The number of hydrogen-bond acceptors (Lipinski definition) is 5. The van der Waals surface area contributed by atoms with E-state index in [9.17, 15) is 9.59 Å². The molecule has 1 heterocycles. The number of fused-ring (bicyclic) bond motifs is 1. The maximum Gasteiger partial charge on any atom is 0.334 e. The van der Waals surface area contributed by atoms with Gasteiger partial charge in [0.15, 0.2) is 11.5 Å². The van der Waals surface area contributed by atoms with Crippen molar-refractivity contribution in [2.45, 2.75) is 6.42 Å². The number of carbonyl (C=O) groups excluding carboxylic acids is 1. The van der Waals surface area contributed by atoms with Crippen LogP contribution in [-0.2, 0) is 14.3 Å². The van der Waals surface area contributed by atoms with Crippen LogP contribution in [0.15, 0.2) is 23.8 Å². The van der Waals surface area contributed by atoms with Crippen LogP contribution >= 0.6 is 0 Å². The van der Waals surface area contributed by atoms with Gasteiger partial charge in [-0.2, -0.15) is 0 Å². The van der Waals surface area contributed by atoms with Gasteiger partial charge < -0.3 is 19.3 Å². The number of benzene rings is 1. The summed E-state index contributed by atoms with van der Waals surface area (Å²) in [6.07, 6.45) is 1.02. The van der Waals surface area contributed by atoms with Crippen molar-refractivity contribution in [1.82, 2.24) is 0 Å². The molecule has 0 aliphatic carbocycles. The van der Waals surface area contributed by atoms with Gasteiger partial charge in [0.2, 0.25) is 6.79 Å². The Bertz CT molecular complexity index is 546. The molecule has 6 nitrogen and oxygen atoms in total. The van der Waals surface area contributed by atoms with E-state index in [0.29, 0.717) is 17.1 Å². The molecule has 1 N–H and O–H groups in total. The SMILES string of the molecule is COC(=O)C(=Cc1cccc2c1OCO2)CC(=O)O. The second-order valence-electron chi connectivity index (χ2n) is 3.81. The second kappa shape index (κ2) is 5.43. The lowest BCUT2D eigenvalue weighted by Gasteiger charge is -2.05. The molecule has 0 bridgehead atoms. The zero-order valence-corrected chi connectivity index (χ0v) is 10.2. The summed E-state index contributed by atoms with van der Waals surface area (Å²) < 4.78 is 15.0. The third kappa shape index (κ3) is 2.85. The molecule has 0 saturated carbocycles. The Morgan fingerprint density at radius 1 is 1.42 bits per heavy atom. The van der Waals surface area contributed by atoms with E-state index < -0.39 is 18.4 Å². The van der Waals surface area contributed by atoms with E-state index in [4.69, 9.17) is 14.6 Å². The molecule has 0 atom stereocenters. The Hall–Kier alpha value is -2.50. The van der Waals surface area contributed by atoms with Gasteiger partial charge in [-0.3, -0.25) is 4.79 Å². The maximum atomic E-state index is 11.5. The quantitative estimate of drug-likeness (QED) is 0.654. The van der Waals surface area contributed by atoms with Crippen LogP contribution in [0.5, 0.6) is 11.5 Å². The van der Waals surface area contributed by atoms with Gasteiger partial charge in [0.25, 0.3) is 0 Å². The molecule has 0 fully saturated rings. The fourth-order valence-electron chi connectivity index (χ4n) is 1.73. The molecule has 1 aromatic rings. The molecule has 19 heavy (non-hydrogen) atoms. The monoisotopic (exact) mass is 264 g/mol. The number of aliphatic carboxylic acids is 1. The van der Waals surface area contributed by atoms with E-state index in [1.165, 1.54) is 13.2 Å². The Kier molecular flexibility index (Phi) is 3.70. The average Bonchev–Trinajstić information content (AvgIpc) is 2.85. The first-order valence-electron chi connectivity index (χ1n) is 5.51. The fraction of sp³-hybridized carbons (Fsp3) is 0.231. The van der Waals surface area contributed by atoms with E-state index in [-0.39, 0.29) is 12.4 Å². The average molecular weight is 264 g/mol. The number of rotatable bonds is 4. The summed E-state index contributed by atoms with van der Waals surface area (Å²) in [5.74, 6) is -0.733. The number of para-hydroxylation sites is 1. The highest BCUT2D eigenvalue weighted by Gasteiger charge is 2.19. The van der Waals surface area contributed by atoms with Crippen molar-refractivity contribution in [1.29, 1.82) is 0 Å². The highest BCUT2D eigenvalue weighted by atomic mass is 16.7. The van der Waals surface area contributed by atoms with Gasteiger partial charge in [-0.25, -0.2) is 4.79 Å². The van der Waals surface area contributed by atoms with Gasteiger partial charge in [0.1, 0.15) is 0 Å². The minimum absolute atomic E-state index is 0.0406. The Morgan fingerprint density at radius 3 is 2.89 bits per heavy atom. The normalized spacial score (nSPS) is 13.2. The smallest absolute Gasteiger partial charge is 0.334 e. The van der Waals surface area contributed by atoms with Crippen molar-refractivity contribution in [2.75, 3.05) is 13.9 Å². The molecule has 1 aliphatic heterocycles. The van der Waals surface area contributed by atoms with E-state index in [1.54, 1.807) is 18.2 Å². The summed E-state index contributed by atoms with van der Waals surface area (Å²) >= 11 is 0. The van der Waals surface area contributed by atoms with Gasteiger partial charge in [-0.15, -0.1) is 0 Å². The maximum absolute atomic E-state index is 11.5. The van der Waals surface area contributed by atoms with Crippen LogP contribution in [0, 0.1) is 0 Å². The fourth-order valence-corrected chi connectivity index (χ4v) is 1.73. The topological polar surface area (TPSA) is 82.1 Å². The summed E-state index contributed by atoms with van der Waals surface area (Å²) in [7, 11) is 1.20. The summed E-state index contributed by atoms with van der Waals surface area (Å²) in [5.41, 5.74) is 0.621. The zero-order valence-electron chi connectivity index (χ0n) is 10.2. The van der Waals surface area contributed by atoms with Crippen LogP contribution in [0.25, 0.3) is 6.08 Å². The van der Waals surface area contributed by atoms with Gasteiger partial charge in [0.05, 0.1) is 13.5 Å². The lowest BCUT2D eigenvalue weighted by Crippen LogP contribution is -2.09. The summed E-state index contributed by atoms with van der Waals surface area (Å²) in [6.45, 7) is 0.104. The van der Waals surface area contributed by atoms with Gasteiger partial charge in [0, 0.05) is 11.1 Å². The number of carboxylic acids is 1. The second-order valence-corrected chi connectivity index (χ2v) is 3.81. The molecule has 0 amide bonds. The molecule has 100 valence electrons. The van der Waals surface area contributed by atoms with Gasteiger partial charge >= 0.3 is 11.9 Å². The zero-order chi connectivity index (χ0) is 13.8. The Balaban J connectivity index is 2.38. The number of carboxylic acid groups (broad SMARTS) is 1. The molecule has 2 rings (SSSR count). The van der Waals surface area contributed by atoms with Crippen LogP contribution in [0.2, 0.25) is 0 Å². The molecule has 0 spiro atoms. The lowest BCUT2D eigenvalue weighted by atomic mass is 10.1. The predicted octanol–water partition coefficient (Wildman–Crippen LogP) is 1.45. The number of carbonyl (C=O) groups is 2. The predicted molar refractivity (Wildman–Crippen MR) is 64.8 cm³/mol. The number of ether oxygens (including phenoxy) is 3. The Labute approximate surface area is 109 Å². The molecular weight excluding hydrogens is 252 g/mol. The van der Waals surface area contributed by atoms with Gasteiger partial charge in [-0.05, 0) is 12.1 Å². The lowest BCUT2D eigenvalue weighted by molar-refractivity contribution is -0.141. The molecule has 1 aromatic carbocycles. The summed E-state index contributed by atoms with van der Waals surface area (Å²) in [5, 5.41) is 8.80. The summed E-state index contributed by atoms with van der Waals surface area (Å²) in [6, 6.07) is 5.17. The molecule has 0 unspecified atom stereocenters. The Morgan fingerprint density at radius 2 is 2.21 bits per heavy atom. The first kappa shape index (κ1) is 12.9. The van der Waals surface area contributed by atoms with Crippen molar-refractivity contribution < 1.29 is 28.9 Å². The highest BCUT2D eigenvalue weighted by Crippen LogP contribution is 2.36. The van der Waals surface area contributed by atoms with Crippen LogP contribution in [0.3, 0.4) is 0 Å². The van der Waals surface area contributed by atoms with E-state index >= 15 is 0 Å². The molecule has 1 aliphatic rings. The number of esters is 1. The molecule has 0 aromatic heterocycles. The minimum atomic E-state index is -1.11. The van der Waals surface area contributed by atoms with Crippen LogP contribution in [-0.4, -0.2) is 30.9 Å². The van der Waals surface area contributed by atoms with Crippen molar-refractivity contribution in [3.63, 3.8) is 0 Å². The largest absolute Gasteiger partial charge is 0.481 e. The summed E-state index contributed by atoms with van der Waals surface area (Å²) in [4.78, 5) is 22.3. The van der Waals surface area contributed by atoms with Crippen molar-refractivity contribution >= 4 is 18.0 Å². The molecule has 0 radical (unpaired) electrons. The third-order valence-corrected chi connectivity index (χ3v) is 2.55. The first-order chi connectivity index (χ1) is 9.11. The van der Waals surface area contributed by atoms with Gasteiger partial charge in [-0.1, -0.05) is 12.1 Å². The van der Waals surface area contributed by atoms with Crippen LogP contribution in [0.1, 0.15) is 12.0 Å². The van der Waals surface area contributed by atoms with E-state index in [1.807, 2.05) is 0 Å². The van der Waals surface area contributed by atoms with Crippen LogP contribution < -0.4 is 9.47 Å². The molecule has 6 heteroatoms.